The van der Waals surface area contributed by atoms with Gasteiger partial charge in [-0.25, -0.2) is 0 Å². The molecule has 1 unspecified atom stereocenters. The van der Waals surface area contributed by atoms with Gasteiger partial charge in [-0.3, -0.25) is 4.79 Å². The molecule has 0 aromatic heterocycles. The molecule has 1 fully saturated rings. The van der Waals surface area contributed by atoms with Gasteiger partial charge in [0, 0.05) is 23.4 Å². The largest absolute Gasteiger partial charge is 0.381 e. The average Bonchev–Trinajstić information content (AvgIpc) is 2.76. The van der Waals surface area contributed by atoms with E-state index in [2.05, 4.69) is 22.0 Å². The molecule has 0 radical (unpaired) electrons. The van der Waals surface area contributed by atoms with Crippen LogP contribution < -0.4 is 0 Å². The van der Waals surface area contributed by atoms with Gasteiger partial charge in [0.25, 0.3) is 0 Å². The SMILES string of the molecule is Cc1ccc(Br)c(CC(=O)C2CCOC2)c1. The highest BCUT2D eigenvalue weighted by molar-refractivity contribution is 9.10. The molecule has 0 spiro atoms. The van der Waals surface area contributed by atoms with Crippen molar-refractivity contribution < 1.29 is 9.53 Å². The number of rotatable bonds is 3. The Kier molecular flexibility index (Phi) is 3.77. The van der Waals surface area contributed by atoms with E-state index in [1.807, 2.05) is 19.1 Å². The quantitative estimate of drug-likeness (QED) is 0.852. The predicted octanol–water partition coefficient (Wildman–Crippen LogP) is 2.91. The van der Waals surface area contributed by atoms with Crippen molar-refractivity contribution in [3.05, 3.63) is 33.8 Å². The molecule has 1 aromatic rings. The second-order valence-corrected chi connectivity index (χ2v) is 5.15. The van der Waals surface area contributed by atoms with E-state index in [-0.39, 0.29) is 5.92 Å². The fraction of sp³-hybridized carbons (Fsp3) is 0.462. The lowest BCUT2D eigenvalue weighted by Gasteiger charge is -2.08. The molecule has 1 aliphatic rings. The first kappa shape index (κ1) is 11.8. The zero-order valence-electron chi connectivity index (χ0n) is 9.33. The normalized spacial score (nSPS) is 20.0. The standard InChI is InChI=1S/C13H15BrO2/c1-9-2-3-12(14)11(6-9)7-13(15)10-4-5-16-8-10/h2-3,6,10H,4-5,7-8H2,1H3. The van der Waals surface area contributed by atoms with Crippen LogP contribution in [0.25, 0.3) is 0 Å². The lowest BCUT2D eigenvalue weighted by Crippen LogP contribution is -2.17. The Bertz CT molecular complexity index is 395. The molecule has 2 nitrogen and oxygen atoms in total. The van der Waals surface area contributed by atoms with Crippen molar-refractivity contribution >= 4 is 21.7 Å². The smallest absolute Gasteiger partial charge is 0.142 e. The summed E-state index contributed by atoms with van der Waals surface area (Å²) in [7, 11) is 0. The van der Waals surface area contributed by atoms with Crippen LogP contribution in [0.4, 0.5) is 0 Å². The molecule has 3 heteroatoms. The van der Waals surface area contributed by atoms with E-state index in [0.29, 0.717) is 18.8 Å². The van der Waals surface area contributed by atoms with E-state index in [9.17, 15) is 4.79 Å². The zero-order valence-corrected chi connectivity index (χ0v) is 10.9. The van der Waals surface area contributed by atoms with Gasteiger partial charge in [0.1, 0.15) is 5.78 Å². The van der Waals surface area contributed by atoms with E-state index >= 15 is 0 Å². The number of ketones is 1. The van der Waals surface area contributed by atoms with Crippen LogP contribution >= 0.6 is 15.9 Å². The van der Waals surface area contributed by atoms with E-state index < -0.39 is 0 Å². The molecule has 0 amide bonds. The fourth-order valence-electron chi connectivity index (χ4n) is 1.96. The molecule has 0 aliphatic carbocycles. The van der Waals surface area contributed by atoms with Crippen LogP contribution in [-0.2, 0) is 16.0 Å². The Morgan fingerprint density at radius 1 is 1.56 bits per heavy atom. The summed E-state index contributed by atoms with van der Waals surface area (Å²) in [5, 5.41) is 0. The molecule has 2 rings (SSSR count). The minimum atomic E-state index is 0.104. The van der Waals surface area contributed by atoms with Gasteiger partial charge in [-0.05, 0) is 25.0 Å². The number of Topliss-reactive ketones (excluding diaryl/α,β-unsaturated/α-hetero) is 1. The Hall–Kier alpha value is -0.670. The Balaban J connectivity index is 2.07. The van der Waals surface area contributed by atoms with Gasteiger partial charge in [-0.1, -0.05) is 33.6 Å². The minimum Gasteiger partial charge on any atom is -0.381 e. The molecule has 0 N–H and O–H groups in total. The maximum Gasteiger partial charge on any atom is 0.142 e. The molecular weight excluding hydrogens is 268 g/mol. The molecule has 86 valence electrons. The van der Waals surface area contributed by atoms with Crippen molar-refractivity contribution in [1.29, 1.82) is 0 Å². The van der Waals surface area contributed by atoms with Gasteiger partial charge < -0.3 is 4.74 Å². The maximum atomic E-state index is 12.0. The first-order valence-electron chi connectivity index (χ1n) is 5.52. The number of benzene rings is 1. The van der Waals surface area contributed by atoms with E-state index in [4.69, 9.17) is 4.74 Å². The lowest BCUT2D eigenvalue weighted by atomic mass is 9.97. The van der Waals surface area contributed by atoms with Gasteiger partial charge in [-0.15, -0.1) is 0 Å². The van der Waals surface area contributed by atoms with Crippen LogP contribution in [0.2, 0.25) is 0 Å². The van der Waals surface area contributed by atoms with Crippen molar-refractivity contribution in [1.82, 2.24) is 0 Å². The van der Waals surface area contributed by atoms with Crippen molar-refractivity contribution in [2.45, 2.75) is 19.8 Å². The topological polar surface area (TPSA) is 26.3 Å². The Labute approximate surface area is 104 Å². The van der Waals surface area contributed by atoms with E-state index in [0.717, 1.165) is 23.1 Å². The highest BCUT2D eigenvalue weighted by atomic mass is 79.9. The number of hydrogen-bond donors (Lipinski definition) is 0. The predicted molar refractivity (Wildman–Crippen MR) is 66.5 cm³/mol. The summed E-state index contributed by atoms with van der Waals surface area (Å²) in [6, 6.07) is 6.11. The Morgan fingerprint density at radius 2 is 2.38 bits per heavy atom. The molecule has 0 bridgehead atoms. The summed E-state index contributed by atoms with van der Waals surface area (Å²) in [6.45, 7) is 3.37. The third-order valence-electron chi connectivity index (χ3n) is 2.95. The summed E-state index contributed by atoms with van der Waals surface area (Å²) < 4.78 is 6.26. The number of aryl methyl sites for hydroxylation is 1. The van der Waals surface area contributed by atoms with Gasteiger partial charge in [-0.2, -0.15) is 0 Å². The van der Waals surface area contributed by atoms with Crippen molar-refractivity contribution in [3.63, 3.8) is 0 Å². The number of hydrogen-bond acceptors (Lipinski definition) is 2. The number of carbonyl (C=O) groups excluding carboxylic acids is 1. The van der Waals surface area contributed by atoms with Crippen LogP contribution in [-0.4, -0.2) is 19.0 Å². The van der Waals surface area contributed by atoms with Crippen LogP contribution in [0.15, 0.2) is 22.7 Å². The molecule has 1 heterocycles. The second kappa shape index (κ2) is 5.11. The van der Waals surface area contributed by atoms with E-state index in [1.165, 1.54) is 5.56 Å². The van der Waals surface area contributed by atoms with Gasteiger partial charge in [0.15, 0.2) is 0 Å². The van der Waals surface area contributed by atoms with Gasteiger partial charge in [0.05, 0.1) is 6.61 Å². The summed E-state index contributed by atoms with van der Waals surface area (Å²) in [4.78, 5) is 12.0. The molecule has 1 saturated heterocycles. The Morgan fingerprint density at radius 3 is 3.06 bits per heavy atom. The molecular formula is C13H15BrO2. The third kappa shape index (κ3) is 2.71. The first-order chi connectivity index (χ1) is 7.66. The fourth-order valence-corrected chi connectivity index (χ4v) is 2.35. The number of carbonyl (C=O) groups is 1. The monoisotopic (exact) mass is 282 g/mol. The first-order valence-corrected chi connectivity index (χ1v) is 6.31. The van der Waals surface area contributed by atoms with Crippen LogP contribution in [0.1, 0.15) is 17.5 Å². The molecule has 1 aromatic carbocycles. The van der Waals surface area contributed by atoms with Crippen molar-refractivity contribution in [2.75, 3.05) is 13.2 Å². The molecule has 0 saturated carbocycles. The van der Waals surface area contributed by atoms with Crippen molar-refractivity contribution in [3.8, 4) is 0 Å². The second-order valence-electron chi connectivity index (χ2n) is 4.30. The summed E-state index contributed by atoms with van der Waals surface area (Å²) >= 11 is 3.48. The van der Waals surface area contributed by atoms with Crippen LogP contribution in [0.5, 0.6) is 0 Å². The number of halogens is 1. The van der Waals surface area contributed by atoms with Gasteiger partial charge >= 0.3 is 0 Å². The van der Waals surface area contributed by atoms with Crippen molar-refractivity contribution in [2.24, 2.45) is 5.92 Å². The van der Waals surface area contributed by atoms with E-state index in [1.54, 1.807) is 0 Å². The third-order valence-corrected chi connectivity index (χ3v) is 3.72. The minimum absolute atomic E-state index is 0.104. The summed E-state index contributed by atoms with van der Waals surface area (Å²) in [5.41, 5.74) is 2.27. The highest BCUT2D eigenvalue weighted by Gasteiger charge is 2.23. The summed E-state index contributed by atoms with van der Waals surface area (Å²) in [6.07, 6.45) is 1.39. The molecule has 1 atom stereocenters. The summed E-state index contributed by atoms with van der Waals surface area (Å²) in [5.74, 6) is 0.399. The van der Waals surface area contributed by atoms with Crippen LogP contribution in [0, 0.1) is 12.8 Å². The average molecular weight is 283 g/mol. The maximum absolute atomic E-state index is 12.0. The molecule has 16 heavy (non-hydrogen) atoms. The van der Waals surface area contributed by atoms with Crippen LogP contribution in [0.3, 0.4) is 0 Å². The molecule has 1 aliphatic heterocycles. The lowest BCUT2D eigenvalue weighted by molar-refractivity contribution is -0.122. The van der Waals surface area contributed by atoms with Gasteiger partial charge in [0.2, 0.25) is 0 Å². The number of ether oxygens (including phenoxy) is 1. The zero-order chi connectivity index (χ0) is 11.5. The highest BCUT2D eigenvalue weighted by Crippen LogP contribution is 2.22.